The molecule has 8 heteroatoms. The molecule has 4 aromatic rings. The smallest absolute Gasteiger partial charge is 0.262 e. The van der Waals surface area contributed by atoms with Crippen molar-refractivity contribution in [3.8, 4) is 11.4 Å². The molecule has 2 aromatic heterocycles. The van der Waals surface area contributed by atoms with Crippen molar-refractivity contribution in [1.82, 2.24) is 19.7 Å². The monoisotopic (exact) mass is 396 g/mol. The zero-order valence-corrected chi connectivity index (χ0v) is 15.9. The summed E-state index contributed by atoms with van der Waals surface area (Å²) < 4.78 is 20.3. The fraction of sp³-hybridized carbons (Fsp3) is 0.200. The Balaban J connectivity index is 1.61. The van der Waals surface area contributed by atoms with Crippen LogP contribution in [0.4, 0.5) is 4.39 Å². The van der Waals surface area contributed by atoms with Crippen LogP contribution in [-0.2, 0) is 12.3 Å². The van der Waals surface area contributed by atoms with Crippen molar-refractivity contribution < 1.29 is 8.91 Å². The van der Waals surface area contributed by atoms with Crippen molar-refractivity contribution in [3.63, 3.8) is 0 Å². The molecule has 0 aliphatic rings. The maximum Gasteiger partial charge on any atom is 0.262 e. The van der Waals surface area contributed by atoms with E-state index in [0.717, 1.165) is 6.42 Å². The average Bonchev–Trinajstić information content (AvgIpc) is 3.18. The Morgan fingerprint density at radius 3 is 2.82 bits per heavy atom. The van der Waals surface area contributed by atoms with Gasteiger partial charge >= 0.3 is 0 Å². The molecular formula is C20H17FN4O2S. The van der Waals surface area contributed by atoms with E-state index in [4.69, 9.17) is 4.52 Å². The number of aromatic nitrogens is 4. The third-order valence-electron chi connectivity index (χ3n) is 4.15. The highest BCUT2D eigenvalue weighted by Gasteiger charge is 2.14. The molecule has 0 aliphatic heterocycles. The van der Waals surface area contributed by atoms with Crippen LogP contribution in [0, 0.1) is 5.82 Å². The summed E-state index contributed by atoms with van der Waals surface area (Å²) in [7, 11) is 0. The van der Waals surface area contributed by atoms with Crippen LogP contribution in [0.25, 0.3) is 22.3 Å². The topological polar surface area (TPSA) is 73.8 Å². The summed E-state index contributed by atoms with van der Waals surface area (Å²) in [6.07, 6.45) is 0.817. The van der Waals surface area contributed by atoms with Crippen molar-refractivity contribution in [3.05, 3.63) is 70.6 Å². The molecule has 0 bridgehead atoms. The largest absolute Gasteiger partial charge is 0.338 e. The zero-order chi connectivity index (χ0) is 19.5. The van der Waals surface area contributed by atoms with E-state index in [1.54, 1.807) is 22.8 Å². The second kappa shape index (κ2) is 7.93. The van der Waals surface area contributed by atoms with Crippen LogP contribution in [0.15, 0.2) is 63.0 Å². The summed E-state index contributed by atoms with van der Waals surface area (Å²) in [6.45, 7) is 2.59. The van der Waals surface area contributed by atoms with Crippen LogP contribution < -0.4 is 5.56 Å². The van der Waals surface area contributed by atoms with Gasteiger partial charge in [-0.2, -0.15) is 4.98 Å². The molecule has 0 fully saturated rings. The summed E-state index contributed by atoms with van der Waals surface area (Å²) >= 11 is 1.36. The van der Waals surface area contributed by atoms with Gasteiger partial charge in [-0.15, -0.1) is 0 Å². The first-order chi connectivity index (χ1) is 13.7. The summed E-state index contributed by atoms with van der Waals surface area (Å²) in [5, 5.41) is 5.12. The molecule has 0 saturated heterocycles. The third kappa shape index (κ3) is 3.68. The first-order valence-corrected chi connectivity index (χ1v) is 9.85. The molecular weight excluding hydrogens is 379 g/mol. The number of rotatable bonds is 6. The lowest BCUT2D eigenvalue weighted by Crippen LogP contribution is -2.23. The van der Waals surface area contributed by atoms with E-state index >= 15 is 0 Å². The molecule has 28 heavy (non-hydrogen) atoms. The fourth-order valence-corrected chi connectivity index (χ4v) is 3.73. The number of para-hydroxylation sites is 1. The van der Waals surface area contributed by atoms with Crippen LogP contribution in [0.2, 0.25) is 0 Å². The number of halogens is 1. The lowest BCUT2D eigenvalue weighted by atomic mass is 10.2. The van der Waals surface area contributed by atoms with Crippen molar-refractivity contribution in [2.24, 2.45) is 0 Å². The van der Waals surface area contributed by atoms with Gasteiger partial charge in [0.2, 0.25) is 11.7 Å². The summed E-state index contributed by atoms with van der Waals surface area (Å²) in [6, 6.07) is 13.3. The Morgan fingerprint density at radius 2 is 2.00 bits per heavy atom. The minimum absolute atomic E-state index is 0.0547. The van der Waals surface area contributed by atoms with Crippen LogP contribution in [-0.4, -0.2) is 19.7 Å². The van der Waals surface area contributed by atoms with Crippen molar-refractivity contribution in [2.75, 3.05) is 0 Å². The number of benzene rings is 2. The molecule has 0 unspecified atom stereocenters. The van der Waals surface area contributed by atoms with Crippen LogP contribution >= 0.6 is 11.8 Å². The van der Waals surface area contributed by atoms with Crippen LogP contribution in [0.5, 0.6) is 0 Å². The van der Waals surface area contributed by atoms with Crippen molar-refractivity contribution in [1.29, 1.82) is 0 Å². The Kier molecular flexibility index (Phi) is 5.21. The molecule has 0 amide bonds. The minimum Gasteiger partial charge on any atom is -0.338 e. The van der Waals surface area contributed by atoms with Crippen molar-refractivity contribution >= 4 is 22.7 Å². The molecule has 2 heterocycles. The molecule has 0 saturated carbocycles. The van der Waals surface area contributed by atoms with Gasteiger partial charge in [0.15, 0.2) is 5.16 Å². The molecule has 142 valence electrons. The third-order valence-corrected chi connectivity index (χ3v) is 5.11. The van der Waals surface area contributed by atoms with Gasteiger partial charge in [-0.3, -0.25) is 9.36 Å². The highest BCUT2D eigenvalue weighted by molar-refractivity contribution is 7.98. The Hall–Kier alpha value is -3.00. The number of hydrogen-bond acceptors (Lipinski definition) is 6. The van der Waals surface area contributed by atoms with E-state index in [2.05, 4.69) is 15.1 Å². The number of thioether (sulfide) groups is 1. The molecule has 0 radical (unpaired) electrons. The fourth-order valence-electron chi connectivity index (χ4n) is 2.86. The zero-order valence-electron chi connectivity index (χ0n) is 15.1. The van der Waals surface area contributed by atoms with Gasteiger partial charge < -0.3 is 4.52 Å². The van der Waals surface area contributed by atoms with E-state index in [1.165, 1.54) is 23.9 Å². The maximum absolute atomic E-state index is 13.4. The first kappa shape index (κ1) is 18.4. The Labute approximate surface area is 164 Å². The number of fused-ring (bicyclic) bond motifs is 1. The van der Waals surface area contributed by atoms with Crippen LogP contribution in [0.1, 0.15) is 19.2 Å². The van der Waals surface area contributed by atoms with Gasteiger partial charge in [0.05, 0.1) is 16.7 Å². The predicted octanol–water partition coefficient (Wildman–Crippen LogP) is 4.29. The lowest BCUT2D eigenvalue weighted by molar-refractivity contribution is 0.391. The van der Waals surface area contributed by atoms with Gasteiger partial charge in [-0.1, -0.05) is 48.1 Å². The van der Waals surface area contributed by atoms with Gasteiger partial charge in [0.25, 0.3) is 5.56 Å². The van der Waals surface area contributed by atoms with Crippen molar-refractivity contribution in [2.45, 2.75) is 30.8 Å². The molecule has 0 spiro atoms. The second-order valence-electron chi connectivity index (χ2n) is 6.18. The van der Waals surface area contributed by atoms with Crippen LogP contribution in [0.3, 0.4) is 0 Å². The highest BCUT2D eigenvalue weighted by atomic mass is 32.2. The predicted molar refractivity (Wildman–Crippen MR) is 106 cm³/mol. The number of nitrogens with zero attached hydrogens (tertiary/aromatic N) is 4. The highest BCUT2D eigenvalue weighted by Crippen LogP contribution is 2.23. The summed E-state index contributed by atoms with van der Waals surface area (Å²) in [4.78, 5) is 21.7. The molecule has 0 N–H and O–H groups in total. The Bertz CT molecular complexity index is 1190. The van der Waals surface area contributed by atoms with E-state index in [9.17, 15) is 9.18 Å². The molecule has 0 aliphatic carbocycles. The van der Waals surface area contributed by atoms with Gasteiger partial charge in [0.1, 0.15) is 5.82 Å². The van der Waals surface area contributed by atoms with E-state index in [0.29, 0.717) is 45.6 Å². The minimum atomic E-state index is -0.359. The molecule has 6 nitrogen and oxygen atoms in total. The summed E-state index contributed by atoms with van der Waals surface area (Å²) in [5.41, 5.74) is 1.15. The lowest BCUT2D eigenvalue weighted by Gasteiger charge is -2.11. The summed E-state index contributed by atoms with van der Waals surface area (Å²) in [5.74, 6) is 0.709. The average molecular weight is 396 g/mol. The molecule has 2 aromatic carbocycles. The van der Waals surface area contributed by atoms with Gasteiger partial charge in [-0.25, -0.2) is 9.37 Å². The standard InChI is InChI=1S/C20H17FN4O2S/c1-2-10-25-19(26)15-8-3-4-9-16(15)22-20(25)28-12-17-23-18(24-27-17)13-6-5-7-14(21)11-13/h3-9,11H,2,10,12H2,1H3. The molecule has 0 atom stereocenters. The van der Waals surface area contributed by atoms with Gasteiger partial charge in [0, 0.05) is 12.1 Å². The normalized spacial score (nSPS) is 11.2. The second-order valence-corrected chi connectivity index (χ2v) is 7.12. The van der Waals surface area contributed by atoms with E-state index < -0.39 is 0 Å². The first-order valence-electron chi connectivity index (χ1n) is 8.86. The van der Waals surface area contributed by atoms with Gasteiger partial charge in [-0.05, 0) is 30.7 Å². The maximum atomic E-state index is 13.4. The van der Waals surface area contributed by atoms with E-state index in [-0.39, 0.29) is 11.4 Å². The molecule has 4 rings (SSSR count). The number of hydrogen-bond donors (Lipinski definition) is 0. The SMILES string of the molecule is CCCn1c(SCc2nc(-c3cccc(F)c3)no2)nc2ccccc2c1=O. The quantitative estimate of drug-likeness (QED) is 0.358. The Morgan fingerprint density at radius 1 is 1.14 bits per heavy atom. The van der Waals surface area contributed by atoms with E-state index in [1.807, 2.05) is 25.1 Å².